The van der Waals surface area contributed by atoms with Crippen molar-refractivity contribution in [3.8, 4) is 0 Å². The zero-order chi connectivity index (χ0) is 36.5. The lowest BCUT2D eigenvalue weighted by molar-refractivity contribution is -0.135. The van der Waals surface area contributed by atoms with Crippen molar-refractivity contribution in [2.24, 2.45) is 23.7 Å². The molecular weight excluding hydrogens is 550 g/mol. The van der Waals surface area contributed by atoms with E-state index in [9.17, 15) is 9.59 Å². The molecule has 0 radical (unpaired) electrons. The third-order valence-corrected chi connectivity index (χ3v) is 6.39. The Labute approximate surface area is 278 Å². The molecular formula is C37H83N3O4. The molecule has 0 N–H and O–H groups in total. The normalized spacial score (nSPS) is 11.1. The molecule has 0 aliphatic carbocycles. The third kappa shape index (κ3) is 38.8. The van der Waals surface area contributed by atoms with E-state index in [1.807, 2.05) is 69.5 Å². The van der Waals surface area contributed by atoms with E-state index < -0.39 is 0 Å². The van der Waals surface area contributed by atoms with Crippen molar-refractivity contribution in [1.82, 2.24) is 14.7 Å². The summed E-state index contributed by atoms with van der Waals surface area (Å²) in [4.78, 5) is 28.3. The minimum Gasteiger partial charge on any atom is -0.379 e. The van der Waals surface area contributed by atoms with E-state index in [-0.39, 0.29) is 23.7 Å². The van der Waals surface area contributed by atoms with Crippen molar-refractivity contribution in [3.05, 3.63) is 0 Å². The Balaban J connectivity index is -0.000000145. The number of ether oxygens (including phenoxy) is 2. The van der Waals surface area contributed by atoms with Crippen molar-refractivity contribution in [2.45, 2.75) is 175 Å². The van der Waals surface area contributed by atoms with Crippen LogP contribution in [0.4, 0.5) is 0 Å². The molecule has 0 heterocycles. The molecule has 2 amide bonds. The number of rotatable bonds is 12. The van der Waals surface area contributed by atoms with Gasteiger partial charge in [-0.3, -0.25) is 9.59 Å². The van der Waals surface area contributed by atoms with Crippen LogP contribution in [0.25, 0.3) is 0 Å². The van der Waals surface area contributed by atoms with Crippen molar-refractivity contribution in [3.63, 3.8) is 0 Å². The Morgan fingerprint density at radius 3 is 0.705 bits per heavy atom. The van der Waals surface area contributed by atoms with Crippen LogP contribution in [-0.2, 0) is 19.1 Å². The van der Waals surface area contributed by atoms with Crippen LogP contribution in [0.15, 0.2) is 0 Å². The van der Waals surface area contributed by atoms with Gasteiger partial charge in [-0.15, -0.1) is 0 Å². The lowest BCUT2D eigenvalue weighted by Crippen LogP contribution is -2.35. The van der Waals surface area contributed by atoms with Gasteiger partial charge >= 0.3 is 0 Å². The van der Waals surface area contributed by atoms with Gasteiger partial charge in [-0.25, -0.2) is 0 Å². The highest BCUT2D eigenvalue weighted by Gasteiger charge is 2.15. The summed E-state index contributed by atoms with van der Waals surface area (Å²) in [6.45, 7) is 43.2. The summed E-state index contributed by atoms with van der Waals surface area (Å²) in [5.41, 5.74) is 0. The highest BCUT2D eigenvalue weighted by atomic mass is 16.5. The molecule has 0 rings (SSSR count). The van der Waals surface area contributed by atoms with E-state index >= 15 is 0 Å². The molecule has 0 unspecified atom stereocenters. The van der Waals surface area contributed by atoms with Crippen LogP contribution in [-0.4, -0.2) is 97.2 Å². The standard InChI is InChI=1S/2C8H17NO.C7H17N.2C7H16O/c2*1-6(2)8(10)9(5)7(3)4;1-6(2)8(5)7(3)4;2*1-6(2)5-8-7(3)4/h2*6-7H,1-5H3;6-7H,1-5H3;2*6-7H,5H2,1-4H3. The molecule has 0 aromatic rings. The largest absolute Gasteiger partial charge is 0.379 e. The van der Waals surface area contributed by atoms with Gasteiger partial charge in [0, 0.05) is 63.3 Å². The molecule has 0 aliphatic rings. The number of hydrogen-bond acceptors (Lipinski definition) is 5. The van der Waals surface area contributed by atoms with Crippen LogP contribution < -0.4 is 0 Å². The summed E-state index contributed by atoms with van der Waals surface area (Å²) in [6, 6.07) is 1.98. The maximum Gasteiger partial charge on any atom is 0.225 e. The van der Waals surface area contributed by atoms with Gasteiger partial charge in [-0.1, -0.05) is 55.4 Å². The Hall–Kier alpha value is -1.18. The first-order valence-corrected chi connectivity index (χ1v) is 17.2. The first-order valence-electron chi connectivity index (χ1n) is 17.2. The molecule has 270 valence electrons. The van der Waals surface area contributed by atoms with Crippen LogP contribution >= 0.6 is 0 Å². The van der Waals surface area contributed by atoms with Crippen molar-refractivity contribution < 1.29 is 19.1 Å². The molecule has 0 saturated carbocycles. The quantitative estimate of drug-likeness (QED) is 0.215. The van der Waals surface area contributed by atoms with Gasteiger partial charge in [0.15, 0.2) is 0 Å². The van der Waals surface area contributed by atoms with Gasteiger partial charge in [-0.05, 0) is 102 Å². The number of amides is 2. The number of carbonyl (C=O) groups excluding carboxylic acids is 2. The van der Waals surface area contributed by atoms with Crippen molar-refractivity contribution in [2.75, 3.05) is 34.4 Å². The van der Waals surface area contributed by atoms with Gasteiger partial charge in [0.1, 0.15) is 0 Å². The number of carbonyl (C=O) groups is 2. The Morgan fingerprint density at radius 1 is 0.432 bits per heavy atom. The lowest BCUT2D eigenvalue weighted by Gasteiger charge is -2.24. The molecule has 0 spiro atoms. The summed E-state index contributed by atoms with van der Waals surface area (Å²) in [5, 5.41) is 0. The minimum absolute atomic E-state index is 0.118. The minimum atomic E-state index is 0.118. The first kappa shape index (κ1) is 52.4. The highest BCUT2D eigenvalue weighted by Crippen LogP contribution is 2.03. The summed E-state index contributed by atoms with van der Waals surface area (Å²) in [6.07, 6.45) is 0.773. The average Bonchev–Trinajstić information content (AvgIpc) is 2.89. The van der Waals surface area contributed by atoms with Gasteiger partial charge < -0.3 is 24.2 Å². The highest BCUT2D eigenvalue weighted by molar-refractivity contribution is 5.78. The van der Waals surface area contributed by atoms with E-state index in [1.54, 1.807) is 9.80 Å². The fraction of sp³-hybridized carbons (Fsp3) is 0.946. The second kappa shape index (κ2) is 30.5. The monoisotopic (exact) mass is 634 g/mol. The van der Waals surface area contributed by atoms with Gasteiger partial charge in [-0.2, -0.15) is 0 Å². The second-order valence-corrected chi connectivity index (χ2v) is 14.8. The predicted octanol–water partition coefficient (Wildman–Crippen LogP) is 8.89. The maximum absolute atomic E-state index is 11.2. The van der Waals surface area contributed by atoms with Crippen LogP contribution in [0.5, 0.6) is 0 Å². The Kier molecular flexibility index (Phi) is 36.3. The van der Waals surface area contributed by atoms with Crippen LogP contribution in [0.3, 0.4) is 0 Å². The van der Waals surface area contributed by atoms with Crippen molar-refractivity contribution >= 4 is 11.8 Å². The number of nitrogens with zero attached hydrogens (tertiary/aromatic N) is 3. The molecule has 0 fully saturated rings. The maximum atomic E-state index is 11.2. The van der Waals surface area contributed by atoms with Crippen LogP contribution in [0, 0.1) is 23.7 Å². The molecule has 44 heavy (non-hydrogen) atoms. The molecule has 0 saturated heterocycles. The number of hydrogen-bond donors (Lipinski definition) is 0. The zero-order valence-electron chi connectivity index (χ0n) is 34.2. The second-order valence-electron chi connectivity index (χ2n) is 14.8. The molecule has 7 heteroatoms. The average molecular weight is 634 g/mol. The Morgan fingerprint density at radius 2 is 0.659 bits per heavy atom. The first-order chi connectivity index (χ1) is 19.7. The van der Waals surface area contributed by atoms with Crippen LogP contribution in [0.1, 0.15) is 138 Å². The fourth-order valence-corrected chi connectivity index (χ4v) is 2.69. The molecule has 0 aliphatic heterocycles. The van der Waals surface area contributed by atoms with E-state index in [0.717, 1.165) is 13.2 Å². The van der Waals surface area contributed by atoms with E-state index in [2.05, 4.69) is 95.0 Å². The molecule has 0 atom stereocenters. The van der Waals surface area contributed by atoms with Gasteiger partial charge in [0.05, 0.1) is 12.2 Å². The van der Waals surface area contributed by atoms with E-state index in [4.69, 9.17) is 9.47 Å². The van der Waals surface area contributed by atoms with E-state index in [0.29, 0.717) is 48.2 Å². The molecule has 0 aromatic heterocycles. The van der Waals surface area contributed by atoms with Gasteiger partial charge in [0.25, 0.3) is 0 Å². The summed E-state index contributed by atoms with van der Waals surface area (Å²) in [7, 11) is 5.83. The third-order valence-electron chi connectivity index (χ3n) is 6.39. The Bertz CT molecular complexity index is 573. The lowest BCUT2D eigenvalue weighted by atomic mass is 10.2. The topological polar surface area (TPSA) is 62.3 Å². The molecule has 0 aromatic carbocycles. The summed E-state index contributed by atoms with van der Waals surface area (Å²) < 4.78 is 10.6. The molecule has 0 bridgehead atoms. The van der Waals surface area contributed by atoms with Gasteiger partial charge in [0.2, 0.25) is 11.8 Å². The predicted molar refractivity (Wildman–Crippen MR) is 195 cm³/mol. The fourth-order valence-electron chi connectivity index (χ4n) is 2.69. The summed E-state index contributed by atoms with van der Waals surface area (Å²) in [5.74, 6) is 2.00. The van der Waals surface area contributed by atoms with Crippen LogP contribution in [0.2, 0.25) is 0 Å². The van der Waals surface area contributed by atoms with E-state index in [1.165, 1.54) is 0 Å². The summed E-state index contributed by atoms with van der Waals surface area (Å²) >= 11 is 0. The zero-order valence-corrected chi connectivity index (χ0v) is 34.2. The van der Waals surface area contributed by atoms with Crippen molar-refractivity contribution in [1.29, 1.82) is 0 Å². The smallest absolute Gasteiger partial charge is 0.225 e. The molecule has 7 nitrogen and oxygen atoms in total. The SMILES string of the molecule is CC(C)C(=O)N(C)C(C)C.CC(C)C(=O)N(C)C(C)C.CC(C)COC(C)C.CC(C)COC(C)C.CC(C)N(C)C(C)C.